The smallest absolute Gasteiger partial charge is 0.130 e. The fourth-order valence-corrected chi connectivity index (χ4v) is 2.33. The van der Waals surface area contributed by atoms with Crippen LogP contribution >= 0.6 is 11.6 Å². The molecule has 82 valence electrons. The van der Waals surface area contributed by atoms with Crippen LogP contribution in [0.1, 0.15) is 36.6 Å². The number of benzene rings is 1. The summed E-state index contributed by atoms with van der Waals surface area (Å²) in [5.74, 6) is -0.463. The van der Waals surface area contributed by atoms with Gasteiger partial charge >= 0.3 is 0 Å². The van der Waals surface area contributed by atoms with Crippen LogP contribution in [0.3, 0.4) is 0 Å². The lowest BCUT2D eigenvalue weighted by molar-refractivity contribution is 0.292. The molecule has 0 saturated heterocycles. The fraction of sp³-hybridized carbons (Fsp3) is 0.500. The number of hydrogen-bond acceptors (Lipinski definition) is 0. The highest BCUT2D eigenvalue weighted by atomic mass is 35.5. The van der Waals surface area contributed by atoms with E-state index in [1.54, 1.807) is 0 Å². The molecule has 0 amide bonds. The Labute approximate surface area is 93.2 Å². The van der Waals surface area contributed by atoms with E-state index in [9.17, 15) is 8.78 Å². The van der Waals surface area contributed by atoms with Crippen LogP contribution in [0.4, 0.5) is 8.78 Å². The lowest BCUT2D eigenvalue weighted by atomic mass is 9.81. The second-order valence-electron chi connectivity index (χ2n) is 4.17. The molecule has 3 heteroatoms. The molecule has 0 radical (unpaired) electrons. The minimum absolute atomic E-state index is 0.323. The second kappa shape index (κ2) is 4.48. The van der Waals surface area contributed by atoms with Gasteiger partial charge in [-0.15, -0.1) is 11.6 Å². The molecule has 1 saturated carbocycles. The van der Waals surface area contributed by atoms with Gasteiger partial charge in [-0.1, -0.05) is 25.3 Å². The van der Waals surface area contributed by atoms with Crippen molar-refractivity contribution in [3.8, 4) is 0 Å². The molecule has 0 aliphatic heterocycles. The zero-order valence-electron chi connectivity index (χ0n) is 8.35. The summed E-state index contributed by atoms with van der Waals surface area (Å²) in [5.41, 5.74) is 0.421. The Kier molecular flexibility index (Phi) is 3.25. The van der Waals surface area contributed by atoms with Crippen molar-refractivity contribution < 1.29 is 8.78 Å². The van der Waals surface area contributed by atoms with Crippen LogP contribution in [0.5, 0.6) is 0 Å². The van der Waals surface area contributed by atoms with Gasteiger partial charge in [0.1, 0.15) is 11.6 Å². The maximum atomic E-state index is 13.3. The zero-order valence-corrected chi connectivity index (χ0v) is 9.11. The first kappa shape index (κ1) is 10.9. The minimum Gasteiger partial charge on any atom is -0.207 e. The van der Waals surface area contributed by atoms with E-state index in [0.717, 1.165) is 12.5 Å². The summed E-state index contributed by atoms with van der Waals surface area (Å²) in [6.07, 6.45) is 4.42. The van der Waals surface area contributed by atoms with E-state index in [1.165, 1.54) is 31.4 Å². The van der Waals surface area contributed by atoms with Crippen molar-refractivity contribution in [1.29, 1.82) is 0 Å². The molecule has 1 unspecified atom stereocenters. The predicted octanol–water partition coefficient (Wildman–Crippen LogP) is 4.43. The molecular weight excluding hydrogens is 218 g/mol. The highest BCUT2D eigenvalue weighted by Gasteiger charge is 2.23. The van der Waals surface area contributed by atoms with Gasteiger partial charge in [0.15, 0.2) is 0 Å². The first-order valence-electron chi connectivity index (χ1n) is 5.26. The van der Waals surface area contributed by atoms with Crippen molar-refractivity contribution in [2.24, 2.45) is 5.92 Å². The molecular formula is C12H13ClF2. The first-order chi connectivity index (χ1) is 7.16. The second-order valence-corrected chi connectivity index (χ2v) is 4.69. The molecule has 0 bridgehead atoms. The average Bonchev–Trinajstić information content (AvgIpc) is 2.11. The average molecular weight is 231 g/mol. The Hall–Kier alpha value is -0.630. The summed E-state index contributed by atoms with van der Waals surface area (Å²) < 4.78 is 26.0. The van der Waals surface area contributed by atoms with Crippen molar-refractivity contribution >= 4 is 11.6 Å². The quantitative estimate of drug-likeness (QED) is 0.674. The van der Waals surface area contributed by atoms with Crippen LogP contribution in [0.25, 0.3) is 0 Å². The van der Waals surface area contributed by atoms with E-state index < -0.39 is 11.6 Å². The van der Waals surface area contributed by atoms with Gasteiger partial charge in [0.2, 0.25) is 0 Å². The molecule has 2 rings (SSSR count). The van der Waals surface area contributed by atoms with Crippen LogP contribution in [0.15, 0.2) is 18.2 Å². The molecule has 1 aromatic carbocycles. The van der Waals surface area contributed by atoms with Crippen LogP contribution in [-0.4, -0.2) is 0 Å². The van der Waals surface area contributed by atoms with Crippen LogP contribution in [0.2, 0.25) is 0 Å². The molecule has 15 heavy (non-hydrogen) atoms. The normalized spacial score (nSPS) is 18.6. The molecule has 1 aliphatic rings. The van der Waals surface area contributed by atoms with Crippen LogP contribution in [0, 0.1) is 17.6 Å². The predicted molar refractivity (Wildman–Crippen MR) is 56.9 cm³/mol. The van der Waals surface area contributed by atoms with Gasteiger partial charge in [0, 0.05) is 11.6 Å². The number of halogens is 3. The van der Waals surface area contributed by atoms with E-state index >= 15 is 0 Å². The van der Waals surface area contributed by atoms with Gasteiger partial charge in [-0.3, -0.25) is 0 Å². The third-order valence-corrected chi connectivity index (χ3v) is 3.48. The summed E-state index contributed by atoms with van der Waals surface area (Å²) in [5, 5.41) is -0.323. The molecule has 0 heterocycles. The van der Waals surface area contributed by atoms with Crippen molar-refractivity contribution in [3.05, 3.63) is 35.4 Å². The van der Waals surface area contributed by atoms with Crippen molar-refractivity contribution in [2.75, 3.05) is 0 Å². The summed E-state index contributed by atoms with van der Waals surface area (Å²) in [6, 6.07) is 3.60. The lowest BCUT2D eigenvalue weighted by Gasteiger charge is -2.27. The lowest BCUT2D eigenvalue weighted by Crippen LogP contribution is -2.13. The molecule has 1 aliphatic carbocycles. The molecule has 1 atom stereocenters. The maximum Gasteiger partial charge on any atom is 0.130 e. The standard InChI is InChI=1S/C12H13ClF2/c13-11(6-8-2-1-3-8)10-5-4-9(14)7-12(10)15/h4-5,7-8,11H,1-3,6H2. The Morgan fingerprint density at radius 2 is 2.07 bits per heavy atom. The van der Waals surface area contributed by atoms with E-state index in [1.807, 2.05) is 0 Å². The number of rotatable bonds is 3. The minimum atomic E-state index is -0.552. The van der Waals surface area contributed by atoms with Gasteiger partial charge in [-0.2, -0.15) is 0 Å². The van der Waals surface area contributed by atoms with Gasteiger partial charge in [-0.05, 0) is 18.4 Å². The molecule has 0 aromatic heterocycles. The SMILES string of the molecule is Fc1ccc(C(Cl)CC2CCC2)c(F)c1. The summed E-state index contributed by atoms with van der Waals surface area (Å²) in [7, 11) is 0. The Morgan fingerprint density at radius 3 is 2.60 bits per heavy atom. The van der Waals surface area contributed by atoms with E-state index in [2.05, 4.69) is 0 Å². The highest BCUT2D eigenvalue weighted by Crippen LogP contribution is 2.38. The van der Waals surface area contributed by atoms with Crippen molar-refractivity contribution in [1.82, 2.24) is 0 Å². The van der Waals surface area contributed by atoms with Gasteiger partial charge < -0.3 is 0 Å². The molecule has 1 aromatic rings. The third-order valence-electron chi connectivity index (χ3n) is 3.06. The molecule has 0 nitrogen and oxygen atoms in total. The Balaban J connectivity index is 2.06. The summed E-state index contributed by atoms with van der Waals surface area (Å²) in [4.78, 5) is 0. The zero-order chi connectivity index (χ0) is 10.8. The van der Waals surface area contributed by atoms with Crippen LogP contribution < -0.4 is 0 Å². The van der Waals surface area contributed by atoms with Crippen molar-refractivity contribution in [2.45, 2.75) is 31.1 Å². The molecule has 0 spiro atoms. The number of alkyl halides is 1. The summed E-state index contributed by atoms with van der Waals surface area (Å²) in [6.45, 7) is 0. The first-order valence-corrected chi connectivity index (χ1v) is 5.69. The highest BCUT2D eigenvalue weighted by molar-refractivity contribution is 6.20. The molecule has 0 N–H and O–H groups in total. The van der Waals surface area contributed by atoms with Gasteiger partial charge in [-0.25, -0.2) is 8.78 Å². The fourth-order valence-electron chi connectivity index (χ4n) is 1.90. The largest absolute Gasteiger partial charge is 0.207 e. The van der Waals surface area contributed by atoms with E-state index in [-0.39, 0.29) is 5.38 Å². The molecule has 1 fully saturated rings. The number of hydrogen-bond donors (Lipinski definition) is 0. The van der Waals surface area contributed by atoms with E-state index in [0.29, 0.717) is 11.5 Å². The van der Waals surface area contributed by atoms with Crippen molar-refractivity contribution in [3.63, 3.8) is 0 Å². The van der Waals surface area contributed by atoms with E-state index in [4.69, 9.17) is 11.6 Å². The van der Waals surface area contributed by atoms with Crippen LogP contribution in [-0.2, 0) is 0 Å². The topological polar surface area (TPSA) is 0 Å². The van der Waals surface area contributed by atoms with Gasteiger partial charge in [0.25, 0.3) is 0 Å². The third kappa shape index (κ3) is 2.49. The Bertz CT molecular complexity index is 347. The maximum absolute atomic E-state index is 13.3. The Morgan fingerprint density at radius 1 is 1.33 bits per heavy atom. The summed E-state index contributed by atoms with van der Waals surface area (Å²) >= 11 is 6.11. The van der Waals surface area contributed by atoms with Gasteiger partial charge in [0.05, 0.1) is 5.38 Å². The monoisotopic (exact) mass is 230 g/mol.